The van der Waals surface area contributed by atoms with Crippen molar-refractivity contribution in [2.45, 2.75) is 31.4 Å². The largest absolute Gasteiger partial charge is 0.412 e. The Hall–Kier alpha value is -3.19. The van der Waals surface area contributed by atoms with Crippen LogP contribution in [0.1, 0.15) is 41.1 Å². The van der Waals surface area contributed by atoms with Gasteiger partial charge in [0.05, 0.1) is 5.69 Å². The molecule has 2 aromatic rings. The van der Waals surface area contributed by atoms with Gasteiger partial charge in [0, 0.05) is 43.2 Å². The average Bonchev–Trinajstić information content (AvgIpc) is 2.86. The number of benzene rings is 1. The molecule has 178 valence electrons. The monoisotopic (exact) mass is 468 g/mol. The van der Waals surface area contributed by atoms with Crippen molar-refractivity contribution in [3.63, 3.8) is 0 Å². The highest BCUT2D eigenvalue weighted by Crippen LogP contribution is 2.41. The normalized spacial score (nSPS) is 22.7. The Bertz CT molecular complexity index is 1130. The fourth-order valence-corrected chi connectivity index (χ4v) is 4.88. The molecule has 1 heterocycles. The number of aliphatic hydroxyl groups is 1. The molecule has 7 heteroatoms. The maximum absolute atomic E-state index is 13.1. The highest BCUT2D eigenvalue weighted by atomic mass is 19.4. The van der Waals surface area contributed by atoms with Crippen LogP contribution in [0, 0.1) is 11.8 Å². The Morgan fingerprint density at radius 3 is 2.71 bits per heavy atom. The van der Waals surface area contributed by atoms with E-state index in [1.807, 2.05) is 36.4 Å². The van der Waals surface area contributed by atoms with Crippen LogP contribution < -0.4 is 5.32 Å². The number of carbonyl (C=O) groups is 1. The van der Waals surface area contributed by atoms with E-state index in [2.05, 4.69) is 10.3 Å². The van der Waals surface area contributed by atoms with Gasteiger partial charge in [0.2, 0.25) is 5.91 Å². The minimum Gasteiger partial charge on any atom is -0.396 e. The van der Waals surface area contributed by atoms with E-state index < -0.39 is 11.7 Å². The molecule has 1 amide bonds. The van der Waals surface area contributed by atoms with E-state index in [0.717, 1.165) is 11.1 Å². The van der Waals surface area contributed by atoms with Crippen LogP contribution >= 0.6 is 0 Å². The molecule has 4 nitrogen and oxygen atoms in total. The third-order valence-corrected chi connectivity index (χ3v) is 6.69. The summed E-state index contributed by atoms with van der Waals surface area (Å²) in [5, 5.41) is 12.8. The zero-order chi connectivity index (χ0) is 24.3. The van der Waals surface area contributed by atoms with Gasteiger partial charge in [-0.1, -0.05) is 42.5 Å². The SMILES string of the molecule is CNC(=O)C1Cc2ccccc2C(/C=C/c2ccc(C3=CCCC(C(F)(F)F)=C3)cn2)C1CO. The van der Waals surface area contributed by atoms with Gasteiger partial charge in [-0.25, -0.2) is 0 Å². The topological polar surface area (TPSA) is 62.2 Å². The van der Waals surface area contributed by atoms with Crippen molar-refractivity contribution < 1.29 is 23.1 Å². The van der Waals surface area contributed by atoms with E-state index in [1.54, 1.807) is 31.5 Å². The van der Waals surface area contributed by atoms with Crippen LogP contribution in [-0.2, 0) is 11.2 Å². The van der Waals surface area contributed by atoms with Gasteiger partial charge in [-0.2, -0.15) is 13.2 Å². The lowest BCUT2D eigenvalue weighted by Gasteiger charge is -2.36. The zero-order valence-corrected chi connectivity index (χ0v) is 18.8. The van der Waals surface area contributed by atoms with Gasteiger partial charge in [0.15, 0.2) is 0 Å². The predicted molar refractivity (Wildman–Crippen MR) is 126 cm³/mol. The number of halogens is 3. The number of alkyl halides is 3. The molecular formula is C27H27F3N2O2. The van der Waals surface area contributed by atoms with Crippen molar-refractivity contribution in [2.24, 2.45) is 11.8 Å². The molecular weight excluding hydrogens is 441 g/mol. The summed E-state index contributed by atoms with van der Waals surface area (Å²) in [5.74, 6) is -0.884. The van der Waals surface area contributed by atoms with Gasteiger partial charge in [0.1, 0.15) is 0 Å². The number of aromatic nitrogens is 1. The van der Waals surface area contributed by atoms with E-state index in [-0.39, 0.29) is 36.7 Å². The van der Waals surface area contributed by atoms with E-state index >= 15 is 0 Å². The number of pyridine rings is 1. The Labute approximate surface area is 196 Å². The molecule has 3 atom stereocenters. The van der Waals surface area contributed by atoms with Gasteiger partial charge >= 0.3 is 6.18 Å². The van der Waals surface area contributed by atoms with Gasteiger partial charge in [-0.05, 0) is 59.7 Å². The zero-order valence-electron chi connectivity index (χ0n) is 18.8. The summed E-state index contributed by atoms with van der Waals surface area (Å²) in [6.07, 6.45) is 4.96. The number of aliphatic hydroxyl groups excluding tert-OH is 1. The van der Waals surface area contributed by atoms with Crippen LogP contribution in [0.25, 0.3) is 11.6 Å². The first-order valence-electron chi connectivity index (χ1n) is 11.3. The first-order valence-corrected chi connectivity index (χ1v) is 11.3. The number of allylic oxidation sites excluding steroid dienone is 5. The van der Waals surface area contributed by atoms with Crippen LogP contribution in [-0.4, -0.2) is 35.8 Å². The first kappa shape index (κ1) is 24.0. The molecule has 1 aromatic carbocycles. The molecule has 2 aliphatic carbocycles. The van der Waals surface area contributed by atoms with Crippen LogP contribution in [0.2, 0.25) is 0 Å². The standard InChI is InChI=1S/C27H27F3N2O2/c1-31-26(34)24-14-18-5-2-3-8-22(18)23(25(24)16-33)12-11-21-10-9-19(15-32-21)17-6-4-7-20(13-17)27(28,29)30/h2-3,5-6,8-13,15,23-25,33H,4,7,14,16H2,1H3,(H,31,34)/b12-11+. The molecule has 0 saturated carbocycles. The number of amides is 1. The Kier molecular flexibility index (Phi) is 7.03. The highest BCUT2D eigenvalue weighted by Gasteiger charge is 2.38. The van der Waals surface area contributed by atoms with Crippen LogP contribution in [0.5, 0.6) is 0 Å². The number of nitrogens with one attached hydrogen (secondary N) is 1. The van der Waals surface area contributed by atoms with Crippen molar-refractivity contribution in [2.75, 3.05) is 13.7 Å². The minimum absolute atomic E-state index is 0.00676. The summed E-state index contributed by atoms with van der Waals surface area (Å²) in [7, 11) is 1.60. The quantitative estimate of drug-likeness (QED) is 0.644. The van der Waals surface area contributed by atoms with Gasteiger partial charge in [0.25, 0.3) is 0 Å². The molecule has 34 heavy (non-hydrogen) atoms. The second kappa shape index (κ2) is 9.97. The second-order valence-corrected chi connectivity index (χ2v) is 8.69. The molecule has 0 fully saturated rings. The summed E-state index contributed by atoms with van der Waals surface area (Å²) >= 11 is 0. The van der Waals surface area contributed by atoms with Crippen molar-refractivity contribution in [1.29, 1.82) is 0 Å². The Morgan fingerprint density at radius 1 is 1.24 bits per heavy atom. The summed E-state index contributed by atoms with van der Waals surface area (Å²) < 4.78 is 39.2. The number of hydrogen-bond acceptors (Lipinski definition) is 3. The second-order valence-electron chi connectivity index (χ2n) is 8.69. The van der Waals surface area contributed by atoms with E-state index in [9.17, 15) is 23.1 Å². The first-order chi connectivity index (χ1) is 16.3. The summed E-state index contributed by atoms with van der Waals surface area (Å²) in [5.41, 5.74) is 3.44. The van der Waals surface area contributed by atoms with Crippen LogP contribution in [0.4, 0.5) is 13.2 Å². The van der Waals surface area contributed by atoms with E-state index in [1.165, 1.54) is 6.08 Å². The molecule has 2 N–H and O–H groups in total. The van der Waals surface area contributed by atoms with E-state index in [0.29, 0.717) is 29.7 Å². The van der Waals surface area contributed by atoms with Gasteiger partial charge in [-0.3, -0.25) is 9.78 Å². The predicted octanol–water partition coefficient (Wildman–Crippen LogP) is 5.07. The molecule has 1 aromatic heterocycles. The lowest BCUT2D eigenvalue weighted by Crippen LogP contribution is -2.41. The third-order valence-electron chi connectivity index (χ3n) is 6.69. The Balaban J connectivity index is 1.58. The number of hydrogen-bond donors (Lipinski definition) is 2. The molecule has 2 aliphatic rings. The molecule has 0 bridgehead atoms. The third kappa shape index (κ3) is 4.99. The van der Waals surface area contributed by atoms with E-state index in [4.69, 9.17) is 0 Å². The van der Waals surface area contributed by atoms with Crippen molar-refractivity contribution in [3.8, 4) is 0 Å². The van der Waals surface area contributed by atoms with Gasteiger partial charge in [-0.15, -0.1) is 0 Å². The molecule has 3 unspecified atom stereocenters. The molecule has 0 radical (unpaired) electrons. The number of carbonyl (C=O) groups excluding carboxylic acids is 1. The van der Waals surface area contributed by atoms with Crippen LogP contribution in [0.15, 0.2) is 66.4 Å². The van der Waals surface area contributed by atoms with Crippen LogP contribution in [0.3, 0.4) is 0 Å². The number of nitrogens with zero attached hydrogens (tertiary/aromatic N) is 1. The van der Waals surface area contributed by atoms with Crippen molar-refractivity contribution in [3.05, 3.63) is 88.8 Å². The highest BCUT2D eigenvalue weighted by molar-refractivity contribution is 5.80. The average molecular weight is 469 g/mol. The smallest absolute Gasteiger partial charge is 0.396 e. The summed E-state index contributed by atoms with van der Waals surface area (Å²) in [6.45, 7) is -0.129. The molecule has 0 aliphatic heterocycles. The lowest BCUT2D eigenvalue weighted by atomic mass is 9.68. The Morgan fingerprint density at radius 2 is 2.03 bits per heavy atom. The minimum atomic E-state index is -4.32. The lowest BCUT2D eigenvalue weighted by molar-refractivity contribution is -0.127. The van der Waals surface area contributed by atoms with Gasteiger partial charge < -0.3 is 10.4 Å². The fraction of sp³-hybridized carbons (Fsp3) is 0.333. The molecule has 0 spiro atoms. The number of rotatable bonds is 5. The maximum Gasteiger partial charge on any atom is 0.412 e. The molecule has 0 saturated heterocycles. The van der Waals surface area contributed by atoms with Crippen molar-refractivity contribution >= 4 is 17.6 Å². The molecule has 4 rings (SSSR count). The fourth-order valence-electron chi connectivity index (χ4n) is 4.88. The summed E-state index contributed by atoms with van der Waals surface area (Å²) in [6, 6.07) is 11.4. The number of fused-ring (bicyclic) bond motifs is 1. The van der Waals surface area contributed by atoms with Crippen molar-refractivity contribution in [1.82, 2.24) is 10.3 Å². The maximum atomic E-state index is 13.1. The summed E-state index contributed by atoms with van der Waals surface area (Å²) in [4.78, 5) is 16.9.